The lowest BCUT2D eigenvalue weighted by molar-refractivity contribution is -0.123. The molecule has 0 spiro atoms. The van der Waals surface area contributed by atoms with Crippen LogP contribution in [0.25, 0.3) is 0 Å². The van der Waals surface area contributed by atoms with Gasteiger partial charge in [0, 0.05) is 38.7 Å². The van der Waals surface area contributed by atoms with E-state index in [1.807, 2.05) is 19.1 Å². The van der Waals surface area contributed by atoms with Crippen molar-refractivity contribution in [2.45, 2.75) is 46.1 Å². The Hall–Kier alpha value is -1.66. The van der Waals surface area contributed by atoms with Crippen LogP contribution in [0.3, 0.4) is 0 Å². The van der Waals surface area contributed by atoms with Crippen molar-refractivity contribution >= 4 is 11.6 Å². The van der Waals surface area contributed by atoms with Crippen LogP contribution in [0.4, 0.5) is 5.82 Å². The van der Waals surface area contributed by atoms with Crippen LogP contribution in [-0.2, 0) is 14.3 Å². The van der Waals surface area contributed by atoms with E-state index >= 15 is 0 Å². The molecule has 0 radical (unpaired) electrons. The highest BCUT2D eigenvalue weighted by Crippen LogP contribution is 2.12. The van der Waals surface area contributed by atoms with E-state index in [2.05, 4.69) is 24.1 Å². The van der Waals surface area contributed by atoms with E-state index in [0.29, 0.717) is 38.9 Å². The number of rotatable bonds is 14. The first-order valence-corrected chi connectivity index (χ1v) is 8.64. The Bertz CT molecular complexity index is 449. The topological polar surface area (TPSA) is 69.7 Å². The van der Waals surface area contributed by atoms with E-state index in [1.54, 1.807) is 6.20 Å². The van der Waals surface area contributed by atoms with Crippen molar-refractivity contribution in [3.05, 3.63) is 18.3 Å². The molecule has 0 aliphatic heterocycles. The summed E-state index contributed by atoms with van der Waals surface area (Å²) in [6.07, 6.45) is 3.87. The second kappa shape index (κ2) is 12.7. The van der Waals surface area contributed by atoms with Crippen molar-refractivity contribution in [1.29, 1.82) is 0 Å². The summed E-state index contributed by atoms with van der Waals surface area (Å²) in [4.78, 5) is 15.3. The lowest BCUT2D eigenvalue weighted by Gasteiger charge is -2.10. The van der Waals surface area contributed by atoms with E-state index in [0.717, 1.165) is 24.4 Å². The van der Waals surface area contributed by atoms with Gasteiger partial charge in [0.15, 0.2) is 5.78 Å². The molecular weight excluding hydrogens is 308 g/mol. The lowest BCUT2D eigenvalue weighted by atomic mass is 10.3. The summed E-state index contributed by atoms with van der Waals surface area (Å²) in [6.45, 7) is 8.64. The first-order valence-electron chi connectivity index (χ1n) is 8.64. The fourth-order valence-electron chi connectivity index (χ4n) is 1.85. The van der Waals surface area contributed by atoms with Crippen molar-refractivity contribution in [1.82, 2.24) is 4.98 Å². The number of Topliss-reactive ketones (excluding diaryl/α,β-unsaturated/α-hetero) is 1. The van der Waals surface area contributed by atoms with Crippen LogP contribution in [0.2, 0.25) is 0 Å². The fourth-order valence-corrected chi connectivity index (χ4v) is 1.85. The highest BCUT2D eigenvalue weighted by Gasteiger charge is 1.99. The molecule has 0 saturated heterocycles. The molecule has 0 aliphatic rings. The molecule has 0 fully saturated rings. The van der Waals surface area contributed by atoms with E-state index in [-0.39, 0.29) is 12.4 Å². The maximum Gasteiger partial charge on any atom is 0.158 e. The van der Waals surface area contributed by atoms with Gasteiger partial charge in [0.25, 0.3) is 0 Å². The summed E-state index contributed by atoms with van der Waals surface area (Å²) < 4.78 is 16.4. The van der Waals surface area contributed by atoms with Gasteiger partial charge in [0.05, 0.1) is 12.8 Å². The minimum absolute atomic E-state index is 0.135. The summed E-state index contributed by atoms with van der Waals surface area (Å²) >= 11 is 0. The quantitative estimate of drug-likeness (QED) is 0.526. The number of ether oxygens (including phenoxy) is 3. The van der Waals surface area contributed by atoms with E-state index in [9.17, 15) is 4.79 Å². The zero-order valence-electron chi connectivity index (χ0n) is 15.0. The Balaban J connectivity index is 1.95. The fraction of sp³-hybridized carbons (Fsp3) is 0.667. The molecule has 0 aromatic carbocycles. The van der Waals surface area contributed by atoms with Gasteiger partial charge in [-0.15, -0.1) is 0 Å². The minimum atomic E-state index is 0.135. The molecule has 136 valence electrons. The first kappa shape index (κ1) is 20.4. The zero-order valence-corrected chi connectivity index (χ0v) is 15.0. The number of nitrogens with zero attached hydrogens (tertiary/aromatic N) is 1. The Morgan fingerprint density at radius 2 is 1.83 bits per heavy atom. The number of nitrogens with one attached hydrogen (secondary N) is 1. The summed E-state index contributed by atoms with van der Waals surface area (Å²) in [5, 5.41) is 3.23. The minimum Gasteiger partial charge on any atom is -0.492 e. The number of hydrogen-bond acceptors (Lipinski definition) is 6. The normalized spacial score (nSPS) is 10.8. The van der Waals surface area contributed by atoms with Crippen LogP contribution in [0, 0.1) is 0 Å². The average molecular weight is 338 g/mol. The molecule has 1 N–H and O–H groups in total. The van der Waals surface area contributed by atoms with Gasteiger partial charge >= 0.3 is 0 Å². The number of carbonyl (C=O) groups is 1. The van der Waals surface area contributed by atoms with Crippen molar-refractivity contribution in [3.63, 3.8) is 0 Å². The molecule has 1 aromatic heterocycles. The molecule has 0 unspecified atom stereocenters. The Labute approximate surface area is 144 Å². The Kier molecular flexibility index (Phi) is 10.8. The molecular formula is C18H30N2O4. The third-order valence-electron chi connectivity index (χ3n) is 3.11. The molecule has 0 aliphatic carbocycles. The number of ketones is 1. The average Bonchev–Trinajstić information content (AvgIpc) is 2.57. The molecule has 24 heavy (non-hydrogen) atoms. The summed E-state index contributed by atoms with van der Waals surface area (Å²) in [5.41, 5.74) is 0. The predicted molar refractivity (Wildman–Crippen MR) is 94.7 cm³/mol. The van der Waals surface area contributed by atoms with E-state index in [1.165, 1.54) is 0 Å². The van der Waals surface area contributed by atoms with E-state index < -0.39 is 0 Å². The number of anilines is 1. The number of hydrogen-bond donors (Lipinski definition) is 1. The maximum atomic E-state index is 11.0. The molecule has 1 heterocycles. The molecule has 1 rings (SSSR count). The molecule has 6 heteroatoms. The molecule has 1 aromatic rings. The second-order valence-corrected chi connectivity index (χ2v) is 5.79. The lowest BCUT2D eigenvalue weighted by Crippen LogP contribution is -2.11. The van der Waals surface area contributed by atoms with Crippen LogP contribution in [0.5, 0.6) is 5.75 Å². The maximum absolute atomic E-state index is 11.0. The van der Waals surface area contributed by atoms with Gasteiger partial charge in [-0.05, 0) is 32.4 Å². The van der Waals surface area contributed by atoms with Crippen LogP contribution in [-0.4, -0.2) is 49.8 Å². The summed E-state index contributed by atoms with van der Waals surface area (Å²) in [6, 6.07) is 4.18. The highest BCUT2D eigenvalue weighted by molar-refractivity contribution is 5.79. The Morgan fingerprint density at radius 3 is 2.46 bits per heavy atom. The second-order valence-electron chi connectivity index (χ2n) is 5.79. The van der Waals surface area contributed by atoms with Gasteiger partial charge in [-0.3, -0.25) is 4.79 Å². The molecule has 0 amide bonds. The van der Waals surface area contributed by atoms with Crippen molar-refractivity contribution in [2.75, 3.05) is 38.4 Å². The van der Waals surface area contributed by atoms with Gasteiger partial charge < -0.3 is 19.5 Å². The van der Waals surface area contributed by atoms with Gasteiger partial charge in [0.1, 0.15) is 18.2 Å². The van der Waals surface area contributed by atoms with Crippen molar-refractivity contribution < 1.29 is 19.0 Å². The van der Waals surface area contributed by atoms with Gasteiger partial charge in [-0.1, -0.05) is 6.92 Å². The highest BCUT2D eigenvalue weighted by atomic mass is 16.5. The third-order valence-corrected chi connectivity index (χ3v) is 3.11. The largest absolute Gasteiger partial charge is 0.492 e. The zero-order chi connectivity index (χ0) is 17.6. The molecule has 6 nitrogen and oxygen atoms in total. The number of pyridine rings is 1. The summed E-state index contributed by atoms with van der Waals surface area (Å²) in [7, 11) is 0. The van der Waals surface area contributed by atoms with Crippen LogP contribution < -0.4 is 10.1 Å². The van der Waals surface area contributed by atoms with Crippen LogP contribution in [0.1, 0.15) is 40.0 Å². The SMILES string of the molecule is CCC(=O)COCCCOCCCOc1ccc(NC(C)C)nc1. The smallest absolute Gasteiger partial charge is 0.158 e. The van der Waals surface area contributed by atoms with Crippen molar-refractivity contribution in [2.24, 2.45) is 0 Å². The first-order chi connectivity index (χ1) is 11.6. The molecule has 0 bridgehead atoms. The monoisotopic (exact) mass is 338 g/mol. The van der Waals surface area contributed by atoms with E-state index in [4.69, 9.17) is 14.2 Å². The van der Waals surface area contributed by atoms with Gasteiger partial charge in [-0.2, -0.15) is 0 Å². The predicted octanol–water partition coefficient (Wildman–Crippen LogP) is 3.07. The van der Waals surface area contributed by atoms with Gasteiger partial charge in [0.2, 0.25) is 0 Å². The number of aromatic nitrogens is 1. The number of carbonyl (C=O) groups excluding carboxylic acids is 1. The third kappa shape index (κ3) is 10.2. The van der Waals surface area contributed by atoms with Gasteiger partial charge in [-0.25, -0.2) is 4.98 Å². The standard InChI is InChI=1S/C18H30N2O4/c1-4-16(21)14-23-11-5-9-22-10-6-12-24-17-7-8-18(19-13-17)20-15(2)3/h7-8,13,15H,4-6,9-12,14H2,1-3H3,(H,19,20). The van der Waals surface area contributed by atoms with Crippen molar-refractivity contribution in [3.8, 4) is 5.75 Å². The molecule has 0 saturated carbocycles. The van der Waals surface area contributed by atoms with Crippen LogP contribution >= 0.6 is 0 Å². The summed E-state index contributed by atoms with van der Waals surface area (Å²) in [5.74, 6) is 1.75. The molecule has 0 atom stereocenters. The Morgan fingerprint density at radius 1 is 1.12 bits per heavy atom. The van der Waals surface area contributed by atoms with Crippen LogP contribution in [0.15, 0.2) is 18.3 Å².